The molecule has 0 saturated carbocycles. The lowest BCUT2D eigenvalue weighted by atomic mass is 10.3. The molecular formula is C9H11F3N2. The summed E-state index contributed by atoms with van der Waals surface area (Å²) in [5, 5.41) is 0. The number of aryl methyl sites for hydroxylation is 1. The standard InChI is InChI=1S/C9H11F3N2/c1-4-14-5-7(9(10,11)12)13-8(14)6(2)3/h5H,2,4H2,1,3H3. The van der Waals surface area contributed by atoms with Gasteiger partial charge in [0.2, 0.25) is 0 Å². The Labute approximate surface area is 80.1 Å². The van der Waals surface area contributed by atoms with Crippen LogP contribution >= 0.6 is 0 Å². The summed E-state index contributed by atoms with van der Waals surface area (Å²) in [6.07, 6.45) is -3.38. The van der Waals surface area contributed by atoms with Gasteiger partial charge in [-0.2, -0.15) is 13.2 Å². The summed E-state index contributed by atoms with van der Waals surface area (Å²) < 4.78 is 38.3. The van der Waals surface area contributed by atoms with E-state index >= 15 is 0 Å². The first kappa shape index (κ1) is 10.8. The Morgan fingerprint density at radius 2 is 2.14 bits per heavy atom. The van der Waals surface area contributed by atoms with Crippen molar-refractivity contribution in [3.05, 3.63) is 24.3 Å². The second-order valence-corrected chi connectivity index (χ2v) is 3.01. The first-order valence-electron chi connectivity index (χ1n) is 4.16. The van der Waals surface area contributed by atoms with Crippen molar-refractivity contribution in [2.24, 2.45) is 0 Å². The number of hydrogen-bond acceptors (Lipinski definition) is 1. The van der Waals surface area contributed by atoms with Crippen LogP contribution in [0.2, 0.25) is 0 Å². The van der Waals surface area contributed by atoms with Crippen molar-refractivity contribution in [2.75, 3.05) is 0 Å². The molecule has 5 heteroatoms. The molecule has 0 aliphatic heterocycles. The molecule has 0 spiro atoms. The number of nitrogens with zero attached hydrogens (tertiary/aromatic N) is 2. The van der Waals surface area contributed by atoms with Gasteiger partial charge in [0, 0.05) is 12.7 Å². The van der Waals surface area contributed by atoms with Gasteiger partial charge in [0.1, 0.15) is 5.82 Å². The highest BCUT2D eigenvalue weighted by molar-refractivity contribution is 5.55. The van der Waals surface area contributed by atoms with Crippen LogP contribution in [0.4, 0.5) is 13.2 Å². The van der Waals surface area contributed by atoms with Gasteiger partial charge in [0.25, 0.3) is 0 Å². The van der Waals surface area contributed by atoms with E-state index in [1.54, 1.807) is 13.8 Å². The molecule has 0 aromatic carbocycles. The first-order valence-corrected chi connectivity index (χ1v) is 4.16. The third kappa shape index (κ3) is 1.97. The second-order valence-electron chi connectivity index (χ2n) is 3.01. The highest BCUT2D eigenvalue weighted by Crippen LogP contribution is 2.29. The average molecular weight is 204 g/mol. The summed E-state index contributed by atoms with van der Waals surface area (Å²) in [5.41, 5.74) is -0.334. The van der Waals surface area contributed by atoms with Crippen molar-refractivity contribution < 1.29 is 13.2 Å². The summed E-state index contributed by atoms with van der Waals surface area (Å²) in [4.78, 5) is 3.49. The Hall–Kier alpha value is -1.26. The maximum Gasteiger partial charge on any atom is 0.434 e. The number of allylic oxidation sites excluding steroid dienone is 1. The van der Waals surface area contributed by atoms with Gasteiger partial charge in [-0.15, -0.1) is 0 Å². The van der Waals surface area contributed by atoms with Crippen molar-refractivity contribution in [3.63, 3.8) is 0 Å². The van der Waals surface area contributed by atoms with Crippen LogP contribution in [-0.2, 0) is 12.7 Å². The molecule has 0 bridgehead atoms. The zero-order valence-corrected chi connectivity index (χ0v) is 8.02. The largest absolute Gasteiger partial charge is 0.434 e. The minimum atomic E-state index is -4.38. The van der Waals surface area contributed by atoms with Gasteiger partial charge in [-0.25, -0.2) is 4.98 Å². The van der Waals surface area contributed by atoms with Crippen molar-refractivity contribution in [1.29, 1.82) is 0 Å². The highest BCUT2D eigenvalue weighted by Gasteiger charge is 2.34. The molecular weight excluding hydrogens is 193 g/mol. The van der Waals surface area contributed by atoms with Crippen LogP contribution in [0.3, 0.4) is 0 Å². The van der Waals surface area contributed by atoms with E-state index in [1.165, 1.54) is 4.57 Å². The lowest BCUT2D eigenvalue weighted by molar-refractivity contribution is -0.141. The fraction of sp³-hybridized carbons (Fsp3) is 0.444. The molecule has 0 unspecified atom stereocenters. The lowest BCUT2D eigenvalue weighted by Gasteiger charge is -2.01. The molecule has 0 N–H and O–H groups in total. The predicted octanol–water partition coefficient (Wildman–Crippen LogP) is 2.95. The number of aromatic nitrogens is 2. The quantitative estimate of drug-likeness (QED) is 0.724. The molecule has 1 heterocycles. The fourth-order valence-electron chi connectivity index (χ4n) is 1.13. The van der Waals surface area contributed by atoms with E-state index in [1.807, 2.05) is 0 Å². The zero-order chi connectivity index (χ0) is 10.9. The number of alkyl halides is 3. The van der Waals surface area contributed by atoms with E-state index < -0.39 is 11.9 Å². The Morgan fingerprint density at radius 1 is 1.57 bits per heavy atom. The lowest BCUT2D eigenvalue weighted by Crippen LogP contribution is -2.05. The first-order chi connectivity index (χ1) is 6.36. The third-order valence-corrected chi connectivity index (χ3v) is 1.79. The summed E-state index contributed by atoms with van der Waals surface area (Å²) in [7, 11) is 0. The third-order valence-electron chi connectivity index (χ3n) is 1.79. The van der Waals surface area contributed by atoms with Crippen molar-refractivity contribution >= 4 is 5.57 Å². The number of imidazole rings is 1. The van der Waals surface area contributed by atoms with Gasteiger partial charge in [0.15, 0.2) is 5.69 Å². The molecule has 78 valence electrons. The maximum atomic E-state index is 12.3. The molecule has 1 rings (SSSR count). The van der Waals surface area contributed by atoms with Gasteiger partial charge < -0.3 is 4.57 Å². The molecule has 0 amide bonds. The topological polar surface area (TPSA) is 17.8 Å². The molecule has 0 saturated heterocycles. The predicted molar refractivity (Wildman–Crippen MR) is 47.6 cm³/mol. The van der Waals surface area contributed by atoms with Crippen LogP contribution in [0.15, 0.2) is 12.8 Å². The molecule has 1 aromatic rings. The van der Waals surface area contributed by atoms with E-state index in [-0.39, 0.29) is 0 Å². The molecule has 1 aromatic heterocycles. The van der Waals surface area contributed by atoms with E-state index in [2.05, 4.69) is 11.6 Å². The highest BCUT2D eigenvalue weighted by atomic mass is 19.4. The van der Waals surface area contributed by atoms with Crippen LogP contribution in [0.1, 0.15) is 25.4 Å². The molecule has 14 heavy (non-hydrogen) atoms. The van der Waals surface area contributed by atoms with Crippen LogP contribution < -0.4 is 0 Å². The summed E-state index contributed by atoms with van der Waals surface area (Å²) in [6.45, 7) is 7.42. The van der Waals surface area contributed by atoms with Gasteiger partial charge in [-0.1, -0.05) is 6.58 Å². The van der Waals surface area contributed by atoms with Crippen molar-refractivity contribution in [1.82, 2.24) is 9.55 Å². The summed E-state index contributed by atoms with van der Waals surface area (Å²) in [5.74, 6) is 0.292. The molecule has 0 aliphatic carbocycles. The molecule has 2 nitrogen and oxygen atoms in total. The van der Waals surface area contributed by atoms with Crippen molar-refractivity contribution in [3.8, 4) is 0 Å². The molecule has 0 fully saturated rings. The van der Waals surface area contributed by atoms with Crippen LogP contribution in [0, 0.1) is 0 Å². The maximum absolute atomic E-state index is 12.3. The van der Waals surface area contributed by atoms with Crippen molar-refractivity contribution in [2.45, 2.75) is 26.6 Å². The number of hydrogen-bond donors (Lipinski definition) is 0. The van der Waals surface area contributed by atoms with Gasteiger partial charge in [-0.3, -0.25) is 0 Å². The minimum absolute atomic E-state index is 0.292. The van der Waals surface area contributed by atoms with E-state index in [0.717, 1.165) is 6.20 Å². The minimum Gasteiger partial charge on any atom is -0.331 e. The normalized spacial score (nSPS) is 11.8. The second kappa shape index (κ2) is 3.48. The van der Waals surface area contributed by atoms with E-state index in [4.69, 9.17) is 0 Å². The van der Waals surface area contributed by atoms with Gasteiger partial charge >= 0.3 is 6.18 Å². The average Bonchev–Trinajstić information content (AvgIpc) is 2.45. The monoisotopic (exact) mass is 204 g/mol. The van der Waals surface area contributed by atoms with Crippen LogP contribution in [0.25, 0.3) is 5.57 Å². The fourth-order valence-corrected chi connectivity index (χ4v) is 1.13. The smallest absolute Gasteiger partial charge is 0.331 e. The van der Waals surface area contributed by atoms with E-state index in [9.17, 15) is 13.2 Å². The molecule has 0 radical (unpaired) electrons. The summed E-state index contributed by atoms with van der Waals surface area (Å²) in [6, 6.07) is 0. The number of rotatable bonds is 2. The van der Waals surface area contributed by atoms with Crippen LogP contribution in [0.5, 0.6) is 0 Å². The number of halogens is 3. The summed E-state index contributed by atoms with van der Waals surface area (Å²) >= 11 is 0. The zero-order valence-electron chi connectivity index (χ0n) is 8.02. The Balaban J connectivity index is 3.20. The molecule has 0 aliphatic rings. The molecule has 0 atom stereocenters. The Bertz CT molecular complexity index is 349. The van der Waals surface area contributed by atoms with Gasteiger partial charge in [0.05, 0.1) is 0 Å². The van der Waals surface area contributed by atoms with E-state index in [0.29, 0.717) is 17.9 Å². The Kier molecular flexibility index (Phi) is 2.69. The van der Waals surface area contributed by atoms with Gasteiger partial charge in [-0.05, 0) is 19.4 Å². The Morgan fingerprint density at radius 3 is 2.43 bits per heavy atom. The SMILES string of the molecule is C=C(C)c1nc(C(F)(F)F)cn1CC. The van der Waals surface area contributed by atoms with Crippen LogP contribution in [-0.4, -0.2) is 9.55 Å².